The van der Waals surface area contributed by atoms with Gasteiger partial charge in [0.2, 0.25) is 0 Å². The minimum atomic E-state index is -0.0180. The van der Waals surface area contributed by atoms with E-state index in [1.165, 1.54) is 0 Å². The molecule has 70 valence electrons. The lowest BCUT2D eigenvalue weighted by molar-refractivity contribution is 0.667. The highest BCUT2D eigenvalue weighted by Crippen LogP contribution is 2.22. The third-order valence-electron chi connectivity index (χ3n) is 2.23. The van der Waals surface area contributed by atoms with Crippen LogP contribution in [-0.2, 0) is 6.54 Å². The smallest absolute Gasteiger partial charge is 0.280 e. The molecule has 0 saturated carbocycles. The Morgan fingerprint density at radius 3 is 3.36 bits per heavy atom. The number of hydrogen-bond acceptors (Lipinski definition) is 4. The first kappa shape index (κ1) is 7.99. The van der Waals surface area contributed by atoms with E-state index in [-0.39, 0.29) is 5.56 Å². The Hall–Kier alpha value is -1.36. The fourth-order valence-electron chi connectivity index (χ4n) is 1.57. The largest absolute Gasteiger partial charge is 0.285 e. The minimum absolute atomic E-state index is 0.0180. The van der Waals surface area contributed by atoms with Crippen molar-refractivity contribution in [3.05, 3.63) is 28.7 Å². The molecule has 0 bridgehead atoms. The van der Waals surface area contributed by atoms with Gasteiger partial charge in [0.15, 0.2) is 10.7 Å². The van der Waals surface area contributed by atoms with Crippen LogP contribution in [0.25, 0.3) is 11.0 Å². The lowest BCUT2D eigenvalue weighted by Gasteiger charge is -2.01. The third-order valence-corrected chi connectivity index (χ3v) is 3.18. The van der Waals surface area contributed by atoms with Crippen LogP contribution in [-0.4, -0.2) is 20.3 Å². The Morgan fingerprint density at radius 2 is 2.43 bits per heavy atom. The molecule has 0 atom stereocenters. The zero-order valence-electron chi connectivity index (χ0n) is 7.30. The quantitative estimate of drug-likeness (QED) is 0.599. The normalized spacial score (nSPS) is 14.6. The van der Waals surface area contributed by atoms with Crippen molar-refractivity contribution >= 4 is 22.8 Å². The molecule has 1 aliphatic heterocycles. The lowest BCUT2D eigenvalue weighted by atomic mass is 10.3. The molecule has 0 aliphatic carbocycles. The number of rotatable bonds is 0. The fourth-order valence-corrected chi connectivity index (χ4v) is 2.51. The molecule has 2 aromatic heterocycles. The number of nitrogens with zero attached hydrogens (tertiary/aromatic N) is 3. The van der Waals surface area contributed by atoms with Crippen molar-refractivity contribution in [1.29, 1.82) is 0 Å². The first-order valence-electron chi connectivity index (χ1n) is 4.34. The standard InChI is InChI=1S/C9H7N3OS/c13-8-7-6(2-1-3-10-7)11-9-12(8)4-5-14-9/h1-3H,4-5H2. The summed E-state index contributed by atoms with van der Waals surface area (Å²) in [6.45, 7) is 0.748. The van der Waals surface area contributed by atoms with Gasteiger partial charge in [-0.3, -0.25) is 9.36 Å². The first-order valence-corrected chi connectivity index (χ1v) is 5.33. The molecule has 0 fully saturated rings. The molecule has 0 amide bonds. The molecular formula is C9H7N3OS. The molecular weight excluding hydrogens is 198 g/mol. The highest BCUT2D eigenvalue weighted by Gasteiger charge is 2.16. The van der Waals surface area contributed by atoms with Crippen molar-refractivity contribution in [3.63, 3.8) is 0 Å². The van der Waals surface area contributed by atoms with Crippen LogP contribution >= 0.6 is 11.8 Å². The fraction of sp³-hybridized carbons (Fsp3) is 0.222. The SMILES string of the molecule is O=c1c2ncccc2nc2n1CCS2. The van der Waals surface area contributed by atoms with Gasteiger partial charge in [-0.1, -0.05) is 11.8 Å². The molecule has 2 aromatic rings. The summed E-state index contributed by atoms with van der Waals surface area (Å²) in [4.78, 5) is 20.3. The van der Waals surface area contributed by atoms with Crippen molar-refractivity contribution in [2.45, 2.75) is 11.7 Å². The molecule has 0 N–H and O–H groups in total. The highest BCUT2D eigenvalue weighted by atomic mass is 32.2. The van der Waals surface area contributed by atoms with E-state index in [2.05, 4.69) is 9.97 Å². The Kier molecular flexibility index (Phi) is 1.61. The van der Waals surface area contributed by atoms with Gasteiger partial charge in [0.25, 0.3) is 5.56 Å². The van der Waals surface area contributed by atoms with E-state index in [9.17, 15) is 4.79 Å². The second-order valence-electron chi connectivity index (χ2n) is 3.07. The molecule has 3 heterocycles. The Balaban J connectivity index is 2.50. The molecule has 0 aromatic carbocycles. The summed E-state index contributed by atoms with van der Waals surface area (Å²) in [5.74, 6) is 0.929. The minimum Gasteiger partial charge on any atom is -0.285 e. The molecule has 0 saturated heterocycles. The van der Waals surface area contributed by atoms with Crippen molar-refractivity contribution < 1.29 is 0 Å². The number of hydrogen-bond donors (Lipinski definition) is 0. The van der Waals surface area contributed by atoms with E-state index >= 15 is 0 Å². The predicted molar refractivity (Wildman–Crippen MR) is 54.5 cm³/mol. The average Bonchev–Trinajstić information content (AvgIpc) is 2.66. The summed E-state index contributed by atoms with van der Waals surface area (Å²) in [5, 5.41) is 0.815. The zero-order chi connectivity index (χ0) is 9.54. The van der Waals surface area contributed by atoms with E-state index in [4.69, 9.17) is 0 Å². The van der Waals surface area contributed by atoms with Crippen LogP contribution in [0.3, 0.4) is 0 Å². The number of fused-ring (bicyclic) bond motifs is 2. The molecule has 0 unspecified atom stereocenters. The number of pyridine rings is 1. The number of thioether (sulfide) groups is 1. The van der Waals surface area contributed by atoms with E-state index in [1.54, 1.807) is 28.6 Å². The van der Waals surface area contributed by atoms with E-state index in [0.29, 0.717) is 11.0 Å². The van der Waals surface area contributed by atoms with E-state index < -0.39 is 0 Å². The Morgan fingerprint density at radius 1 is 1.50 bits per heavy atom. The van der Waals surface area contributed by atoms with Gasteiger partial charge in [-0.2, -0.15) is 0 Å². The van der Waals surface area contributed by atoms with Gasteiger partial charge in [0.1, 0.15) is 0 Å². The van der Waals surface area contributed by atoms with Crippen LogP contribution in [0.4, 0.5) is 0 Å². The zero-order valence-corrected chi connectivity index (χ0v) is 8.12. The van der Waals surface area contributed by atoms with Gasteiger partial charge in [0, 0.05) is 18.5 Å². The van der Waals surface area contributed by atoms with Crippen LogP contribution in [0.2, 0.25) is 0 Å². The topological polar surface area (TPSA) is 47.8 Å². The van der Waals surface area contributed by atoms with Crippen LogP contribution in [0.5, 0.6) is 0 Å². The second kappa shape index (κ2) is 2.81. The van der Waals surface area contributed by atoms with Crippen molar-refractivity contribution in [2.75, 3.05) is 5.75 Å². The molecule has 1 aliphatic rings. The maximum absolute atomic E-state index is 11.9. The molecule has 0 spiro atoms. The Labute approximate surface area is 84.0 Å². The third kappa shape index (κ3) is 0.988. The summed E-state index contributed by atoms with van der Waals surface area (Å²) >= 11 is 1.62. The molecule has 5 heteroatoms. The molecule has 0 radical (unpaired) electrons. The van der Waals surface area contributed by atoms with Gasteiger partial charge < -0.3 is 0 Å². The lowest BCUT2D eigenvalue weighted by Crippen LogP contribution is -2.21. The first-order chi connectivity index (χ1) is 6.86. The van der Waals surface area contributed by atoms with E-state index in [1.807, 2.05) is 6.07 Å². The van der Waals surface area contributed by atoms with Gasteiger partial charge in [0.05, 0.1) is 5.52 Å². The van der Waals surface area contributed by atoms with Gasteiger partial charge in [-0.05, 0) is 12.1 Å². The molecule has 4 nitrogen and oxygen atoms in total. The summed E-state index contributed by atoms with van der Waals surface area (Å²) in [5.41, 5.74) is 1.15. The molecule has 14 heavy (non-hydrogen) atoms. The van der Waals surface area contributed by atoms with Crippen molar-refractivity contribution in [2.24, 2.45) is 0 Å². The van der Waals surface area contributed by atoms with Crippen molar-refractivity contribution in [3.8, 4) is 0 Å². The second-order valence-corrected chi connectivity index (χ2v) is 4.13. The van der Waals surface area contributed by atoms with Gasteiger partial charge in [-0.25, -0.2) is 9.97 Å². The predicted octanol–water partition coefficient (Wildman–Crippen LogP) is 0.897. The van der Waals surface area contributed by atoms with Gasteiger partial charge >= 0.3 is 0 Å². The average molecular weight is 205 g/mol. The maximum atomic E-state index is 11.9. The van der Waals surface area contributed by atoms with E-state index in [0.717, 1.165) is 17.5 Å². The van der Waals surface area contributed by atoms with Gasteiger partial charge in [-0.15, -0.1) is 0 Å². The Bertz CT molecular complexity index is 563. The molecule has 3 rings (SSSR count). The van der Waals surface area contributed by atoms with Crippen LogP contribution in [0.15, 0.2) is 28.3 Å². The summed E-state index contributed by atoms with van der Waals surface area (Å²) < 4.78 is 1.69. The van der Waals surface area contributed by atoms with Crippen LogP contribution in [0.1, 0.15) is 0 Å². The summed E-state index contributed by atoms with van der Waals surface area (Å²) in [6, 6.07) is 3.62. The van der Waals surface area contributed by atoms with Crippen LogP contribution in [0, 0.1) is 0 Å². The van der Waals surface area contributed by atoms with Crippen molar-refractivity contribution in [1.82, 2.24) is 14.5 Å². The number of aromatic nitrogens is 3. The monoisotopic (exact) mass is 205 g/mol. The highest BCUT2D eigenvalue weighted by molar-refractivity contribution is 7.99. The summed E-state index contributed by atoms with van der Waals surface area (Å²) in [7, 11) is 0. The maximum Gasteiger partial charge on any atom is 0.280 e. The van der Waals surface area contributed by atoms with Crippen LogP contribution < -0.4 is 5.56 Å². The summed E-state index contributed by atoms with van der Waals surface area (Å²) in [6.07, 6.45) is 1.63.